The third-order valence-corrected chi connectivity index (χ3v) is 6.76. The fraction of sp³-hybridized carbons (Fsp3) is 0.348. The van der Waals surface area contributed by atoms with E-state index < -0.39 is 58.4 Å². The van der Waals surface area contributed by atoms with E-state index in [-0.39, 0.29) is 29.2 Å². The number of fused-ring (bicyclic) bond motifs is 3. The Labute approximate surface area is 179 Å². The number of likely N-dealkylation sites (N-methyl/N-ethyl adjacent to an activating group) is 1. The van der Waals surface area contributed by atoms with Crippen LogP contribution in [0.2, 0.25) is 0 Å². The number of amides is 1. The number of Topliss-reactive ketones (excluding diaryl/α,β-unsaturated/α-hetero) is 2. The third-order valence-electron chi connectivity index (χ3n) is 6.76. The van der Waals surface area contributed by atoms with Crippen LogP contribution in [-0.2, 0) is 9.59 Å². The minimum absolute atomic E-state index is 0.0382. The number of aromatic hydroxyl groups is 1. The second-order valence-electron chi connectivity index (χ2n) is 8.51. The third kappa shape index (κ3) is 2.75. The zero-order chi connectivity index (χ0) is 22.8. The van der Waals surface area contributed by atoms with Crippen LogP contribution in [0.15, 0.2) is 53.5 Å². The van der Waals surface area contributed by atoms with Gasteiger partial charge in [-0.05, 0) is 38.1 Å². The highest BCUT2D eigenvalue weighted by Gasteiger charge is 2.55. The first-order valence-corrected chi connectivity index (χ1v) is 9.97. The zero-order valence-electron chi connectivity index (χ0n) is 17.2. The summed E-state index contributed by atoms with van der Waals surface area (Å²) in [6.45, 7) is 3.88. The van der Waals surface area contributed by atoms with Crippen molar-refractivity contribution >= 4 is 17.5 Å². The van der Waals surface area contributed by atoms with E-state index in [2.05, 4.69) is 6.58 Å². The van der Waals surface area contributed by atoms with E-state index in [1.165, 1.54) is 6.07 Å². The van der Waals surface area contributed by atoms with E-state index >= 15 is 0 Å². The average Bonchev–Trinajstić information content (AvgIpc) is 2.67. The molecule has 1 amide bonds. The quantitative estimate of drug-likeness (QED) is 0.428. The summed E-state index contributed by atoms with van der Waals surface area (Å²) in [5, 5.41) is 32.3. The van der Waals surface area contributed by atoms with Gasteiger partial charge in [0, 0.05) is 17.4 Å². The van der Waals surface area contributed by atoms with Gasteiger partial charge in [0.25, 0.3) is 5.91 Å². The van der Waals surface area contributed by atoms with Gasteiger partial charge in [-0.15, -0.1) is 6.58 Å². The maximum atomic E-state index is 13.3. The number of nitrogens with zero attached hydrogens (tertiary/aromatic N) is 1. The first-order valence-electron chi connectivity index (χ1n) is 9.97. The number of hydrogen-bond donors (Lipinski definition) is 4. The second-order valence-corrected chi connectivity index (χ2v) is 8.51. The summed E-state index contributed by atoms with van der Waals surface area (Å²) in [6.07, 6.45) is 1.94. The number of aliphatic hydroxyl groups excluding tert-OH is 2. The molecule has 0 saturated carbocycles. The maximum Gasteiger partial charge on any atom is 0.255 e. The standard InChI is InChI=1S/C23H24N2O6/c1-4-9-10-6-5-7-13(26)14(10)19(27)15-11(9)8-12-16(20(15)28)21(29)17(23(24)31)22(30)18(12)25(2)3/h4-7,9,11-12,16,18,26,28,30H,1,8H2,2-3H3,(H2,24,31)/t9-,11+,12+,16+,18-/m0/s1. The molecule has 8 heteroatoms. The van der Waals surface area contributed by atoms with Gasteiger partial charge in [0.2, 0.25) is 0 Å². The van der Waals surface area contributed by atoms with Gasteiger partial charge < -0.3 is 21.1 Å². The van der Waals surface area contributed by atoms with Crippen LogP contribution in [0, 0.1) is 17.8 Å². The van der Waals surface area contributed by atoms with E-state index in [0.29, 0.717) is 5.56 Å². The van der Waals surface area contributed by atoms with Gasteiger partial charge in [-0.25, -0.2) is 0 Å². The van der Waals surface area contributed by atoms with Crippen molar-refractivity contribution in [1.82, 2.24) is 4.90 Å². The van der Waals surface area contributed by atoms with E-state index in [9.17, 15) is 29.7 Å². The highest BCUT2D eigenvalue weighted by molar-refractivity contribution is 6.22. The Hall–Kier alpha value is -3.39. The summed E-state index contributed by atoms with van der Waals surface area (Å²) in [7, 11) is 3.37. The Morgan fingerprint density at radius 2 is 1.87 bits per heavy atom. The molecule has 0 radical (unpaired) electrons. The normalized spacial score (nSPS) is 30.1. The molecule has 31 heavy (non-hydrogen) atoms. The lowest BCUT2D eigenvalue weighted by Gasteiger charge is -2.47. The number of carbonyl (C=O) groups excluding carboxylic acids is 3. The summed E-state index contributed by atoms with van der Waals surface area (Å²) in [6, 6.07) is 4.01. The SMILES string of the molecule is C=C[C@H]1c2cccc(O)c2C(=O)C2=C(O)[C@@H]3C(=O)C(C(N)=O)=C(O)[C@@H](N(C)C)[C@@H]3C[C@@H]21. The Bertz CT molecular complexity index is 1100. The molecule has 0 bridgehead atoms. The molecule has 0 fully saturated rings. The molecule has 0 spiro atoms. The Balaban J connectivity index is 1.97. The zero-order valence-corrected chi connectivity index (χ0v) is 17.2. The van der Waals surface area contributed by atoms with Gasteiger partial charge >= 0.3 is 0 Å². The van der Waals surface area contributed by atoms with Crippen molar-refractivity contribution < 1.29 is 29.7 Å². The fourth-order valence-electron chi connectivity index (χ4n) is 5.58. The molecular formula is C23H24N2O6. The number of rotatable bonds is 3. The van der Waals surface area contributed by atoms with E-state index in [4.69, 9.17) is 5.73 Å². The van der Waals surface area contributed by atoms with Crippen molar-refractivity contribution in [2.75, 3.05) is 14.1 Å². The molecule has 3 aliphatic rings. The average molecular weight is 424 g/mol. The number of carbonyl (C=O) groups is 3. The Morgan fingerprint density at radius 3 is 2.45 bits per heavy atom. The minimum atomic E-state index is -1.20. The van der Waals surface area contributed by atoms with Crippen LogP contribution >= 0.6 is 0 Å². The van der Waals surface area contributed by atoms with Gasteiger partial charge in [0.15, 0.2) is 11.6 Å². The molecule has 1 aromatic carbocycles. The van der Waals surface area contributed by atoms with Gasteiger partial charge in [-0.2, -0.15) is 0 Å². The Morgan fingerprint density at radius 1 is 1.19 bits per heavy atom. The van der Waals surface area contributed by atoms with E-state index in [1.54, 1.807) is 37.2 Å². The van der Waals surface area contributed by atoms with Crippen LogP contribution in [0.25, 0.3) is 0 Å². The monoisotopic (exact) mass is 424 g/mol. The topological polar surface area (TPSA) is 141 Å². The molecule has 0 saturated heterocycles. The van der Waals surface area contributed by atoms with Gasteiger partial charge in [-0.3, -0.25) is 19.3 Å². The molecule has 8 nitrogen and oxygen atoms in total. The van der Waals surface area contributed by atoms with Crippen LogP contribution in [0.3, 0.4) is 0 Å². The summed E-state index contributed by atoms with van der Waals surface area (Å²) in [5.74, 6) is -6.19. The van der Waals surface area contributed by atoms with Crippen molar-refractivity contribution in [3.8, 4) is 5.75 Å². The number of ketones is 2. The van der Waals surface area contributed by atoms with Crippen LogP contribution in [0.4, 0.5) is 0 Å². The molecule has 3 aliphatic carbocycles. The first kappa shape index (κ1) is 20.9. The molecule has 5 atom stereocenters. The lowest BCUT2D eigenvalue weighted by Crippen LogP contribution is -2.53. The van der Waals surface area contributed by atoms with Gasteiger partial charge in [0.05, 0.1) is 17.5 Å². The number of phenols is 1. The highest BCUT2D eigenvalue weighted by Crippen LogP contribution is 2.54. The van der Waals surface area contributed by atoms with Crippen molar-refractivity contribution in [2.24, 2.45) is 23.5 Å². The fourth-order valence-corrected chi connectivity index (χ4v) is 5.58. The number of primary amides is 1. The number of aliphatic hydroxyl groups is 2. The molecule has 0 aliphatic heterocycles. The summed E-state index contributed by atoms with van der Waals surface area (Å²) >= 11 is 0. The van der Waals surface area contributed by atoms with Crippen LogP contribution in [0.5, 0.6) is 5.75 Å². The second kappa shape index (κ2) is 7.09. The van der Waals surface area contributed by atoms with Crippen molar-refractivity contribution in [3.63, 3.8) is 0 Å². The number of phenolic OH excluding ortho intramolecular Hbond substituents is 1. The van der Waals surface area contributed by atoms with E-state index in [0.717, 1.165) is 0 Å². The Kier molecular flexibility index (Phi) is 4.77. The molecule has 0 heterocycles. The molecule has 4 rings (SSSR count). The molecule has 1 aromatic rings. The predicted octanol–water partition coefficient (Wildman–Crippen LogP) is 1.73. The molecule has 0 aromatic heterocycles. The lowest BCUT2D eigenvalue weighted by atomic mass is 9.58. The highest BCUT2D eigenvalue weighted by atomic mass is 16.3. The number of nitrogens with two attached hydrogens (primary N) is 1. The lowest BCUT2D eigenvalue weighted by molar-refractivity contribution is -0.127. The summed E-state index contributed by atoms with van der Waals surface area (Å²) in [5.41, 5.74) is 5.51. The van der Waals surface area contributed by atoms with Crippen molar-refractivity contribution in [2.45, 2.75) is 18.4 Å². The van der Waals surface area contributed by atoms with Crippen molar-refractivity contribution in [3.05, 3.63) is 64.6 Å². The molecule has 5 N–H and O–H groups in total. The van der Waals surface area contributed by atoms with E-state index in [1.807, 2.05) is 0 Å². The smallest absolute Gasteiger partial charge is 0.255 e. The van der Waals surface area contributed by atoms with Gasteiger partial charge in [-0.1, -0.05) is 18.2 Å². The first-order chi connectivity index (χ1) is 14.6. The van der Waals surface area contributed by atoms with Crippen LogP contribution in [0.1, 0.15) is 28.3 Å². The van der Waals surface area contributed by atoms with Crippen molar-refractivity contribution in [1.29, 1.82) is 0 Å². The molecule has 162 valence electrons. The van der Waals surface area contributed by atoms with Gasteiger partial charge in [0.1, 0.15) is 22.8 Å². The summed E-state index contributed by atoms with van der Waals surface area (Å²) in [4.78, 5) is 40.0. The molecular weight excluding hydrogens is 400 g/mol. The minimum Gasteiger partial charge on any atom is -0.511 e. The van der Waals surface area contributed by atoms with Crippen LogP contribution < -0.4 is 5.73 Å². The number of hydrogen-bond acceptors (Lipinski definition) is 7. The predicted molar refractivity (Wildman–Crippen MR) is 111 cm³/mol. The molecule has 0 unspecified atom stereocenters. The summed E-state index contributed by atoms with van der Waals surface area (Å²) < 4.78 is 0. The van der Waals surface area contributed by atoms with Crippen LogP contribution in [-0.4, -0.2) is 57.8 Å². The number of benzene rings is 1. The number of allylic oxidation sites excluding steroid dienone is 3. The largest absolute Gasteiger partial charge is 0.511 e. The maximum absolute atomic E-state index is 13.3.